The molecule has 0 bridgehead atoms. The molecule has 3 atom stereocenters. The number of hydrogen-bond donors (Lipinski definition) is 1. The fourth-order valence-corrected chi connectivity index (χ4v) is 3.41. The van der Waals surface area contributed by atoms with E-state index in [-0.39, 0.29) is 0 Å². The summed E-state index contributed by atoms with van der Waals surface area (Å²) in [4.78, 5) is 11.7. The van der Waals surface area contributed by atoms with Crippen molar-refractivity contribution in [2.24, 2.45) is 11.8 Å². The summed E-state index contributed by atoms with van der Waals surface area (Å²) in [6.45, 7) is 5.20. The highest BCUT2D eigenvalue weighted by Crippen LogP contribution is 2.32. The topological polar surface area (TPSA) is 46.5 Å². The van der Waals surface area contributed by atoms with E-state index >= 15 is 0 Å². The minimum absolute atomic E-state index is 0.347. The largest absolute Gasteiger partial charge is 0.478 e. The highest BCUT2D eigenvalue weighted by molar-refractivity contribution is 7.10. The van der Waals surface area contributed by atoms with Crippen molar-refractivity contribution in [1.82, 2.24) is 0 Å². The number of hydrogen-bond acceptors (Lipinski definition) is 3. The molecule has 1 aromatic rings. The summed E-state index contributed by atoms with van der Waals surface area (Å²) < 4.78 is 6.02. The summed E-state index contributed by atoms with van der Waals surface area (Å²) in [6.07, 6.45) is 6.67. The van der Waals surface area contributed by atoms with Crippen LogP contribution in [0, 0.1) is 11.8 Å². The lowest BCUT2D eigenvalue weighted by Crippen LogP contribution is -2.26. The van der Waals surface area contributed by atoms with Gasteiger partial charge in [0.05, 0.1) is 12.7 Å². The zero-order valence-electron chi connectivity index (χ0n) is 12.0. The maximum Gasteiger partial charge on any atom is 0.328 e. The molecule has 1 saturated carbocycles. The maximum atomic E-state index is 10.6. The Labute approximate surface area is 124 Å². The van der Waals surface area contributed by atoms with Crippen molar-refractivity contribution in [1.29, 1.82) is 0 Å². The molecule has 0 aliphatic heterocycles. The van der Waals surface area contributed by atoms with Crippen molar-refractivity contribution in [3.63, 3.8) is 0 Å². The molecule has 0 saturated heterocycles. The van der Waals surface area contributed by atoms with E-state index < -0.39 is 5.97 Å². The third-order valence-corrected chi connectivity index (χ3v) is 5.10. The normalized spacial score (nSPS) is 27.0. The van der Waals surface area contributed by atoms with E-state index in [0.717, 1.165) is 35.1 Å². The molecular weight excluding hydrogens is 272 g/mol. The SMILES string of the molecule is CC1CCC(OCc2sccc2C=CC(=O)O)CC1C. The number of rotatable bonds is 5. The Balaban J connectivity index is 1.88. The van der Waals surface area contributed by atoms with Gasteiger partial charge in [0.15, 0.2) is 0 Å². The van der Waals surface area contributed by atoms with Crippen molar-refractivity contribution in [3.05, 3.63) is 28.0 Å². The Kier molecular flexibility index (Phi) is 5.38. The van der Waals surface area contributed by atoms with Gasteiger partial charge in [-0.25, -0.2) is 4.79 Å². The van der Waals surface area contributed by atoms with Gasteiger partial charge in [-0.3, -0.25) is 0 Å². The Bertz CT molecular complexity index is 478. The fourth-order valence-electron chi connectivity index (χ4n) is 2.62. The second kappa shape index (κ2) is 7.04. The van der Waals surface area contributed by atoms with Crippen molar-refractivity contribution in [3.8, 4) is 0 Å². The molecule has 3 nitrogen and oxygen atoms in total. The minimum atomic E-state index is -0.918. The van der Waals surface area contributed by atoms with Gasteiger partial charge in [-0.2, -0.15) is 0 Å². The number of carboxylic acids is 1. The second-order valence-electron chi connectivity index (χ2n) is 5.67. The Hall–Kier alpha value is -1.13. The van der Waals surface area contributed by atoms with Crippen molar-refractivity contribution >= 4 is 23.4 Å². The van der Waals surface area contributed by atoms with Gasteiger partial charge in [0, 0.05) is 11.0 Å². The summed E-state index contributed by atoms with van der Waals surface area (Å²) in [7, 11) is 0. The summed E-state index contributed by atoms with van der Waals surface area (Å²) in [5.74, 6) is 0.604. The van der Waals surface area contributed by atoms with Crippen LogP contribution in [0.15, 0.2) is 17.5 Å². The van der Waals surface area contributed by atoms with Crippen LogP contribution in [0.25, 0.3) is 6.08 Å². The number of thiophene rings is 1. The van der Waals surface area contributed by atoms with E-state index in [1.807, 2.05) is 11.4 Å². The molecular formula is C16H22O3S. The van der Waals surface area contributed by atoms with Crippen LogP contribution in [-0.2, 0) is 16.1 Å². The van der Waals surface area contributed by atoms with Gasteiger partial charge in [0.2, 0.25) is 0 Å². The monoisotopic (exact) mass is 294 g/mol. The average Bonchev–Trinajstić information content (AvgIpc) is 2.85. The molecule has 2 rings (SSSR count). The van der Waals surface area contributed by atoms with Crippen LogP contribution in [0.4, 0.5) is 0 Å². The van der Waals surface area contributed by atoms with Gasteiger partial charge in [0.25, 0.3) is 0 Å². The van der Waals surface area contributed by atoms with Crippen LogP contribution < -0.4 is 0 Å². The third kappa shape index (κ3) is 4.18. The highest BCUT2D eigenvalue weighted by atomic mass is 32.1. The van der Waals surface area contributed by atoms with E-state index in [4.69, 9.17) is 9.84 Å². The van der Waals surface area contributed by atoms with E-state index in [1.165, 1.54) is 12.5 Å². The molecule has 1 aliphatic carbocycles. The van der Waals surface area contributed by atoms with E-state index in [2.05, 4.69) is 13.8 Å². The van der Waals surface area contributed by atoms with Gasteiger partial charge >= 0.3 is 5.97 Å². The lowest BCUT2D eigenvalue weighted by Gasteiger charge is -2.31. The molecule has 20 heavy (non-hydrogen) atoms. The van der Waals surface area contributed by atoms with Gasteiger partial charge in [0.1, 0.15) is 0 Å². The molecule has 110 valence electrons. The van der Waals surface area contributed by atoms with Crippen LogP contribution in [0.1, 0.15) is 43.6 Å². The molecule has 0 spiro atoms. The van der Waals surface area contributed by atoms with E-state index in [1.54, 1.807) is 17.4 Å². The smallest absolute Gasteiger partial charge is 0.328 e. The lowest BCUT2D eigenvalue weighted by molar-refractivity contribution is -0.131. The summed E-state index contributed by atoms with van der Waals surface area (Å²) >= 11 is 1.62. The van der Waals surface area contributed by atoms with Crippen molar-refractivity contribution < 1.29 is 14.6 Å². The Morgan fingerprint density at radius 2 is 2.25 bits per heavy atom. The van der Waals surface area contributed by atoms with Crippen LogP contribution in [-0.4, -0.2) is 17.2 Å². The molecule has 1 aromatic heterocycles. The quantitative estimate of drug-likeness (QED) is 0.828. The predicted molar refractivity (Wildman–Crippen MR) is 81.7 cm³/mol. The van der Waals surface area contributed by atoms with Gasteiger partial charge in [-0.05, 0) is 54.2 Å². The van der Waals surface area contributed by atoms with Crippen LogP contribution in [0.2, 0.25) is 0 Å². The molecule has 1 fully saturated rings. The summed E-state index contributed by atoms with van der Waals surface area (Å²) in [5, 5.41) is 10.7. The third-order valence-electron chi connectivity index (χ3n) is 4.19. The first-order valence-corrected chi connectivity index (χ1v) is 8.03. The Morgan fingerprint density at radius 3 is 2.95 bits per heavy atom. The van der Waals surface area contributed by atoms with Crippen molar-refractivity contribution in [2.75, 3.05) is 0 Å². The first-order chi connectivity index (χ1) is 9.56. The first-order valence-electron chi connectivity index (χ1n) is 7.15. The standard InChI is InChI=1S/C16H22O3S/c1-11-3-5-14(9-12(11)2)19-10-15-13(7-8-20-15)4-6-16(17)18/h4,6-8,11-12,14H,3,5,9-10H2,1-2H3,(H,17,18). The molecule has 1 aliphatic rings. The minimum Gasteiger partial charge on any atom is -0.478 e. The summed E-state index contributed by atoms with van der Waals surface area (Å²) in [5.41, 5.74) is 0.953. The second-order valence-corrected chi connectivity index (χ2v) is 6.67. The number of carboxylic acid groups (broad SMARTS) is 1. The van der Waals surface area contributed by atoms with E-state index in [0.29, 0.717) is 12.7 Å². The predicted octanol–water partition coefficient (Wildman–Crippen LogP) is 4.19. The molecule has 1 N–H and O–H groups in total. The lowest BCUT2D eigenvalue weighted by atomic mass is 9.80. The maximum absolute atomic E-state index is 10.6. The first kappa shape index (κ1) is 15.3. The van der Waals surface area contributed by atoms with Gasteiger partial charge < -0.3 is 9.84 Å². The van der Waals surface area contributed by atoms with Gasteiger partial charge in [-0.1, -0.05) is 13.8 Å². The van der Waals surface area contributed by atoms with Crippen LogP contribution >= 0.6 is 11.3 Å². The summed E-state index contributed by atoms with van der Waals surface area (Å²) in [6, 6.07) is 1.94. The van der Waals surface area contributed by atoms with Crippen molar-refractivity contribution in [2.45, 2.75) is 45.8 Å². The molecule has 0 radical (unpaired) electrons. The van der Waals surface area contributed by atoms with Gasteiger partial charge in [-0.15, -0.1) is 11.3 Å². The molecule has 0 amide bonds. The molecule has 0 aromatic carbocycles. The zero-order valence-corrected chi connectivity index (χ0v) is 12.9. The number of carbonyl (C=O) groups is 1. The molecule has 4 heteroatoms. The number of ether oxygens (including phenoxy) is 1. The molecule has 3 unspecified atom stereocenters. The average molecular weight is 294 g/mol. The van der Waals surface area contributed by atoms with E-state index in [9.17, 15) is 4.79 Å². The highest BCUT2D eigenvalue weighted by Gasteiger charge is 2.25. The van der Waals surface area contributed by atoms with Crippen LogP contribution in [0.3, 0.4) is 0 Å². The van der Waals surface area contributed by atoms with Crippen LogP contribution in [0.5, 0.6) is 0 Å². The number of aliphatic carboxylic acids is 1. The fraction of sp³-hybridized carbons (Fsp3) is 0.562. The Morgan fingerprint density at radius 1 is 1.45 bits per heavy atom. The zero-order chi connectivity index (χ0) is 14.5. The molecule has 1 heterocycles.